The highest BCUT2D eigenvalue weighted by molar-refractivity contribution is 7.07. The lowest BCUT2D eigenvalue weighted by atomic mass is 10.1. The first-order valence-electron chi connectivity index (χ1n) is 11.0. The molecule has 1 aromatic carbocycles. The van der Waals surface area contributed by atoms with E-state index in [-0.39, 0.29) is 35.5 Å². The Balaban J connectivity index is 2.01. The number of carbonyl (C=O) groups excluding carboxylic acids is 2. The Morgan fingerprint density at radius 1 is 1.31 bits per heavy atom. The molecule has 0 unspecified atom stereocenters. The molecule has 36 heavy (non-hydrogen) atoms. The van der Waals surface area contributed by atoms with Crippen molar-refractivity contribution in [2.24, 2.45) is 5.16 Å². The van der Waals surface area contributed by atoms with Gasteiger partial charge in [-0.05, 0) is 39.0 Å². The molecule has 0 aliphatic carbocycles. The number of oxime groups is 1. The number of ether oxygens (including phenoxy) is 1. The van der Waals surface area contributed by atoms with Crippen molar-refractivity contribution in [3.05, 3.63) is 82.6 Å². The van der Waals surface area contributed by atoms with Gasteiger partial charge in [0.25, 0.3) is 5.91 Å². The number of aromatic nitrogens is 1. The number of thiazole rings is 1. The first-order valence-corrected chi connectivity index (χ1v) is 11.9. The van der Waals surface area contributed by atoms with Crippen LogP contribution in [0, 0.1) is 5.82 Å². The van der Waals surface area contributed by atoms with Crippen LogP contribution in [0.5, 0.6) is 5.75 Å². The van der Waals surface area contributed by atoms with Gasteiger partial charge in [-0.1, -0.05) is 18.3 Å². The number of methoxy groups -OCH3 is 1. The summed E-state index contributed by atoms with van der Waals surface area (Å²) >= 11 is 1.29. The number of amides is 1. The third-order valence-corrected chi connectivity index (χ3v) is 5.83. The van der Waals surface area contributed by atoms with Gasteiger partial charge in [-0.15, -0.1) is 11.3 Å². The maximum atomic E-state index is 13.9. The Kier molecular flexibility index (Phi) is 8.25. The highest BCUT2D eigenvalue weighted by Crippen LogP contribution is 2.31. The molecule has 3 rings (SSSR count). The summed E-state index contributed by atoms with van der Waals surface area (Å²) in [4.78, 5) is 37.3. The Morgan fingerprint density at radius 2 is 2.03 bits per heavy atom. The van der Waals surface area contributed by atoms with Crippen molar-refractivity contribution in [2.45, 2.75) is 26.9 Å². The number of rotatable bonds is 9. The van der Waals surface area contributed by atoms with E-state index in [0.29, 0.717) is 17.0 Å². The first-order chi connectivity index (χ1) is 17.0. The molecule has 0 saturated carbocycles. The van der Waals surface area contributed by atoms with Crippen molar-refractivity contribution in [3.63, 3.8) is 0 Å². The monoisotopic (exact) mass is 513 g/mol. The van der Waals surface area contributed by atoms with E-state index in [9.17, 15) is 14.0 Å². The van der Waals surface area contributed by atoms with Crippen LogP contribution in [0.15, 0.2) is 70.7 Å². The summed E-state index contributed by atoms with van der Waals surface area (Å²) in [5.74, 6) is -0.863. The van der Waals surface area contributed by atoms with E-state index >= 15 is 0 Å². The van der Waals surface area contributed by atoms with Crippen LogP contribution in [-0.2, 0) is 4.84 Å². The van der Waals surface area contributed by atoms with Crippen LogP contribution in [0.25, 0.3) is 0 Å². The van der Waals surface area contributed by atoms with E-state index in [1.807, 2.05) is 13.8 Å². The molecule has 1 aliphatic heterocycles. The zero-order valence-electron chi connectivity index (χ0n) is 20.8. The minimum absolute atomic E-state index is 0.0802. The predicted octanol–water partition coefficient (Wildman–Crippen LogP) is 4.45. The second kappa shape index (κ2) is 11.2. The fourth-order valence-electron chi connectivity index (χ4n) is 3.44. The molecular formula is C25H28FN5O4S. The van der Waals surface area contributed by atoms with E-state index in [1.54, 1.807) is 31.1 Å². The van der Waals surface area contributed by atoms with E-state index in [1.165, 1.54) is 45.5 Å². The molecule has 0 spiro atoms. The maximum absolute atomic E-state index is 13.9. The number of carbonyl (C=O) groups is 2. The van der Waals surface area contributed by atoms with Crippen LogP contribution in [0.1, 0.15) is 41.6 Å². The zero-order valence-corrected chi connectivity index (χ0v) is 21.6. The molecule has 0 radical (unpaired) electrons. The average molecular weight is 514 g/mol. The van der Waals surface area contributed by atoms with Crippen molar-refractivity contribution in [1.29, 1.82) is 0 Å². The van der Waals surface area contributed by atoms with Crippen molar-refractivity contribution in [3.8, 4) is 5.75 Å². The molecule has 0 bridgehead atoms. The predicted molar refractivity (Wildman–Crippen MR) is 136 cm³/mol. The number of hydrazine groups is 1. The molecule has 11 heteroatoms. The van der Waals surface area contributed by atoms with Crippen molar-refractivity contribution in [1.82, 2.24) is 19.9 Å². The molecule has 1 aliphatic rings. The smallest absolute Gasteiger partial charge is 0.291 e. The molecule has 0 N–H and O–H groups in total. The van der Waals surface area contributed by atoms with Gasteiger partial charge in [0, 0.05) is 24.2 Å². The number of benzene rings is 1. The summed E-state index contributed by atoms with van der Waals surface area (Å²) in [7, 11) is 2.95. The van der Waals surface area contributed by atoms with E-state index in [2.05, 4.69) is 23.3 Å². The highest BCUT2D eigenvalue weighted by Gasteiger charge is 2.33. The summed E-state index contributed by atoms with van der Waals surface area (Å²) in [5, 5.41) is 8.57. The number of Topliss-reactive ketones (excluding diaryl/α,β-unsaturated/α-hetero) is 1. The fourth-order valence-corrected chi connectivity index (χ4v) is 3.96. The summed E-state index contributed by atoms with van der Waals surface area (Å²) in [6, 6.07) is 3.73. The summed E-state index contributed by atoms with van der Waals surface area (Å²) < 4.78 is 19.1. The molecule has 1 aromatic heterocycles. The topological polar surface area (TPSA) is 87.6 Å². The van der Waals surface area contributed by atoms with Gasteiger partial charge >= 0.3 is 0 Å². The second-order valence-corrected chi connectivity index (χ2v) is 8.87. The first kappa shape index (κ1) is 26.6. The van der Waals surface area contributed by atoms with Crippen LogP contribution >= 0.6 is 11.3 Å². The molecule has 190 valence electrons. The zero-order chi connectivity index (χ0) is 26.6. The average Bonchev–Trinajstić information content (AvgIpc) is 3.38. The van der Waals surface area contributed by atoms with E-state index in [4.69, 9.17) is 9.57 Å². The number of nitrogens with zero attached hydrogens (tertiary/aromatic N) is 5. The Labute approximate surface area is 213 Å². The lowest BCUT2D eigenvalue weighted by Crippen LogP contribution is -2.49. The van der Waals surface area contributed by atoms with Gasteiger partial charge in [0.1, 0.15) is 29.2 Å². The third-order valence-electron chi connectivity index (χ3n) is 5.24. The Morgan fingerprint density at radius 3 is 2.64 bits per heavy atom. The molecule has 9 nitrogen and oxygen atoms in total. The van der Waals surface area contributed by atoms with E-state index in [0.717, 1.165) is 6.07 Å². The number of allylic oxidation sites excluding steroid dienone is 1. The van der Waals surface area contributed by atoms with Crippen LogP contribution in [0.4, 0.5) is 4.39 Å². The standard InChI is InChI=1S/C25H28FN5O4S/c1-15(2)35-28-16(3)21-11-30(12-23(32)20-10-19(26)8-9-24(20)34-7)18(5)31(17(21)4)29(6)25(33)22-13-36-14-27-22/h8-11,13-15H,4-5,12H2,1-3,6-7H3/b28-16+. The molecular weight excluding hydrogens is 485 g/mol. The van der Waals surface area contributed by atoms with Gasteiger partial charge in [-0.2, -0.15) is 0 Å². The van der Waals surface area contributed by atoms with Crippen LogP contribution in [0.3, 0.4) is 0 Å². The number of hydrogen-bond donors (Lipinski definition) is 0. The van der Waals surface area contributed by atoms with Gasteiger partial charge < -0.3 is 14.5 Å². The third kappa shape index (κ3) is 5.62. The van der Waals surface area contributed by atoms with Crippen molar-refractivity contribution in [2.75, 3.05) is 20.7 Å². The van der Waals surface area contributed by atoms with Crippen molar-refractivity contribution < 1.29 is 23.6 Å². The van der Waals surface area contributed by atoms with Crippen LogP contribution in [0.2, 0.25) is 0 Å². The second-order valence-electron chi connectivity index (χ2n) is 8.15. The lowest BCUT2D eigenvalue weighted by Gasteiger charge is -2.43. The van der Waals surface area contributed by atoms with Gasteiger partial charge in [0.05, 0.1) is 36.1 Å². The minimum atomic E-state index is -0.565. The largest absolute Gasteiger partial charge is 0.496 e. The normalized spacial score (nSPS) is 14.2. The molecule has 2 heterocycles. The highest BCUT2D eigenvalue weighted by atomic mass is 32.1. The van der Waals surface area contributed by atoms with Gasteiger partial charge in [-0.3, -0.25) is 9.59 Å². The fraction of sp³-hybridized carbons (Fsp3) is 0.280. The molecule has 0 fully saturated rings. The molecule has 0 saturated heterocycles. The van der Waals surface area contributed by atoms with E-state index < -0.39 is 17.5 Å². The summed E-state index contributed by atoms with van der Waals surface area (Å²) in [5.41, 5.74) is 3.27. The Bertz CT molecular complexity index is 1240. The van der Waals surface area contributed by atoms with Crippen molar-refractivity contribution >= 4 is 28.7 Å². The lowest BCUT2D eigenvalue weighted by molar-refractivity contribution is 0.0288. The molecule has 2 aromatic rings. The van der Waals surface area contributed by atoms with Gasteiger partial charge in [0.15, 0.2) is 5.78 Å². The number of ketones is 1. The number of halogens is 1. The van der Waals surface area contributed by atoms with Crippen LogP contribution in [-0.4, -0.2) is 64.1 Å². The SMILES string of the molecule is C=C1C(/C(C)=N/OC(C)C)=CN(CC(=O)c2cc(F)ccc2OC)C(=C)N1N(C)C(=O)c1cscn1. The summed E-state index contributed by atoms with van der Waals surface area (Å²) in [6.07, 6.45) is 1.49. The minimum Gasteiger partial charge on any atom is -0.496 e. The quantitative estimate of drug-likeness (QED) is 0.278. The molecule has 1 amide bonds. The van der Waals surface area contributed by atoms with Gasteiger partial charge in [0.2, 0.25) is 0 Å². The number of hydrogen-bond acceptors (Lipinski definition) is 9. The van der Waals surface area contributed by atoms with Gasteiger partial charge in [-0.25, -0.2) is 19.4 Å². The maximum Gasteiger partial charge on any atom is 0.291 e. The van der Waals surface area contributed by atoms with Crippen LogP contribution < -0.4 is 4.74 Å². The molecule has 0 atom stereocenters. The Hall–Kier alpha value is -3.99. The summed E-state index contributed by atoms with van der Waals surface area (Å²) in [6.45, 7) is 13.4.